The first-order valence-electron chi connectivity index (χ1n) is 6.80. The van der Waals surface area contributed by atoms with Gasteiger partial charge in [-0.1, -0.05) is 0 Å². The van der Waals surface area contributed by atoms with Crippen LogP contribution in [0.4, 0.5) is 0 Å². The number of thiophene rings is 1. The third-order valence-corrected chi connectivity index (χ3v) is 7.40. The number of hydrogen-bond donors (Lipinski definition) is 1. The highest BCUT2D eigenvalue weighted by atomic mass is 32.2. The Hall–Kier alpha value is -0.470. The molecule has 0 bridgehead atoms. The second-order valence-electron chi connectivity index (χ2n) is 5.39. The van der Waals surface area contributed by atoms with Crippen LogP contribution >= 0.6 is 11.3 Å². The lowest BCUT2D eigenvalue weighted by molar-refractivity contribution is 0.160. The van der Waals surface area contributed by atoms with Crippen LogP contribution in [-0.2, 0) is 16.6 Å². The summed E-state index contributed by atoms with van der Waals surface area (Å²) in [5.41, 5.74) is 1.05. The molecule has 1 aromatic heterocycles. The van der Waals surface area contributed by atoms with E-state index in [1.165, 1.54) is 11.3 Å². The van der Waals surface area contributed by atoms with E-state index < -0.39 is 10.0 Å². The first-order valence-corrected chi connectivity index (χ1v) is 9.06. The molecule has 0 aromatic carbocycles. The van der Waals surface area contributed by atoms with Gasteiger partial charge in [0, 0.05) is 37.1 Å². The Kier molecular flexibility index (Phi) is 4.86. The molecule has 1 aliphatic rings. The number of nitrogens with zero attached hydrogens (tertiary/aromatic N) is 2. The van der Waals surface area contributed by atoms with Crippen molar-refractivity contribution in [1.29, 1.82) is 0 Å². The van der Waals surface area contributed by atoms with Crippen molar-refractivity contribution >= 4 is 21.4 Å². The zero-order valence-electron chi connectivity index (χ0n) is 12.5. The average Bonchev–Trinajstić information content (AvgIpc) is 2.75. The summed E-state index contributed by atoms with van der Waals surface area (Å²) in [5, 5.41) is 3.08. The van der Waals surface area contributed by atoms with E-state index in [0.717, 1.165) is 17.0 Å². The van der Waals surface area contributed by atoms with Crippen LogP contribution < -0.4 is 5.32 Å². The molecule has 7 heteroatoms. The fourth-order valence-electron chi connectivity index (χ4n) is 2.31. The largest absolute Gasteiger partial charge is 0.315 e. The molecule has 1 N–H and O–H groups in total. The van der Waals surface area contributed by atoms with Crippen molar-refractivity contribution in [2.75, 3.05) is 33.7 Å². The Labute approximate surface area is 125 Å². The van der Waals surface area contributed by atoms with Crippen molar-refractivity contribution in [3.8, 4) is 0 Å². The van der Waals surface area contributed by atoms with Crippen molar-refractivity contribution in [3.63, 3.8) is 0 Å². The van der Waals surface area contributed by atoms with Gasteiger partial charge in [-0.3, -0.25) is 0 Å². The number of aryl methyl sites for hydroxylation is 1. The summed E-state index contributed by atoms with van der Waals surface area (Å²) in [6.07, 6.45) is 0. The standard InChI is InChI=1S/C13H23N3O2S2/c1-10-7-13(19-12(10)8-14-3)20(17,18)16-6-5-15(4)11(2)9-16/h7,11,14H,5-6,8-9H2,1-4H3. The molecular weight excluding hydrogens is 294 g/mol. The van der Waals surface area contributed by atoms with Crippen LogP contribution in [0.15, 0.2) is 10.3 Å². The summed E-state index contributed by atoms with van der Waals surface area (Å²) in [7, 11) is 0.566. The van der Waals surface area contributed by atoms with Crippen LogP contribution in [-0.4, -0.2) is 57.4 Å². The molecule has 0 aliphatic carbocycles. The van der Waals surface area contributed by atoms with Crippen molar-refractivity contribution < 1.29 is 8.42 Å². The van der Waals surface area contributed by atoms with E-state index >= 15 is 0 Å². The molecule has 2 rings (SSSR count). The Balaban J connectivity index is 2.24. The van der Waals surface area contributed by atoms with Crippen LogP contribution in [0.3, 0.4) is 0 Å². The normalized spacial score (nSPS) is 22.3. The number of likely N-dealkylation sites (N-methyl/N-ethyl adjacent to an activating group) is 1. The fraction of sp³-hybridized carbons (Fsp3) is 0.692. The van der Waals surface area contributed by atoms with Gasteiger partial charge in [-0.15, -0.1) is 11.3 Å². The third kappa shape index (κ3) is 3.07. The minimum absolute atomic E-state index is 0.261. The fourth-order valence-corrected chi connectivity index (χ4v) is 5.58. The predicted octanol–water partition coefficient (Wildman–Crippen LogP) is 1.10. The molecule has 5 nitrogen and oxygen atoms in total. The molecule has 0 amide bonds. The predicted molar refractivity (Wildman–Crippen MR) is 82.7 cm³/mol. The molecule has 0 radical (unpaired) electrons. The van der Waals surface area contributed by atoms with Gasteiger partial charge in [0.05, 0.1) is 0 Å². The first kappa shape index (κ1) is 15.9. The monoisotopic (exact) mass is 317 g/mol. The Morgan fingerprint density at radius 3 is 2.75 bits per heavy atom. The smallest absolute Gasteiger partial charge is 0.252 e. The lowest BCUT2D eigenvalue weighted by Gasteiger charge is -2.36. The van der Waals surface area contributed by atoms with Crippen molar-refractivity contribution in [2.24, 2.45) is 0 Å². The first-order chi connectivity index (χ1) is 9.36. The van der Waals surface area contributed by atoms with E-state index in [2.05, 4.69) is 17.1 Å². The molecular formula is C13H23N3O2S2. The number of piperazine rings is 1. The highest BCUT2D eigenvalue weighted by Crippen LogP contribution is 2.29. The third-order valence-electron chi connectivity index (χ3n) is 3.85. The zero-order chi connectivity index (χ0) is 14.9. The number of hydrogen-bond acceptors (Lipinski definition) is 5. The molecule has 1 saturated heterocycles. The minimum Gasteiger partial charge on any atom is -0.315 e. The van der Waals surface area contributed by atoms with E-state index in [1.807, 2.05) is 21.0 Å². The summed E-state index contributed by atoms with van der Waals surface area (Å²) >= 11 is 1.38. The van der Waals surface area contributed by atoms with Crippen LogP contribution in [0, 0.1) is 6.92 Å². The second-order valence-corrected chi connectivity index (χ2v) is 8.70. The highest BCUT2D eigenvalue weighted by molar-refractivity contribution is 7.91. The molecule has 1 atom stereocenters. The summed E-state index contributed by atoms with van der Waals surface area (Å²) in [4.78, 5) is 3.28. The van der Waals surface area contributed by atoms with E-state index in [9.17, 15) is 8.42 Å². The van der Waals surface area contributed by atoms with Gasteiger partial charge in [0.15, 0.2) is 0 Å². The SMILES string of the molecule is CNCc1sc(S(=O)(=O)N2CCN(C)C(C)C2)cc1C. The molecule has 1 unspecified atom stereocenters. The maximum Gasteiger partial charge on any atom is 0.252 e. The molecule has 0 spiro atoms. The van der Waals surface area contributed by atoms with Gasteiger partial charge in [0.2, 0.25) is 0 Å². The molecule has 114 valence electrons. The summed E-state index contributed by atoms with van der Waals surface area (Å²) in [6, 6.07) is 2.06. The zero-order valence-corrected chi connectivity index (χ0v) is 14.1. The van der Waals surface area contributed by atoms with Gasteiger partial charge >= 0.3 is 0 Å². The molecule has 0 saturated carbocycles. The maximum atomic E-state index is 12.7. The summed E-state index contributed by atoms with van der Waals surface area (Å²) in [6.45, 7) is 6.67. The number of rotatable bonds is 4. The highest BCUT2D eigenvalue weighted by Gasteiger charge is 2.32. The Morgan fingerprint density at radius 2 is 2.15 bits per heavy atom. The maximum absolute atomic E-state index is 12.7. The summed E-state index contributed by atoms with van der Waals surface area (Å²) < 4.78 is 27.5. The molecule has 20 heavy (non-hydrogen) atoms. The van der Waals surface area contributed by atoms with Gasteiger partial charge in [0.1, 0.15) is 4.21 Å². The quantitative estimate of drug-likeness (QED) is 0.903. The van der Waals surface area contributed by atoms with Crippen molar-refractivity contribution in [2.45, 2.75) is 30.6 Å². The van der Waals surface area contributed by atoms with Gasteiger partial charge in [-0.2, -0.15) is 4.31 Å². The molecule has 1 aliphatic heterocycles. The van der Waals surface area contributed by atoms with Crippen LogP contribution in [0.25, 0.3) is 0 Å². The van der Waals surface area contributed by atoms with Crippen LogP contribution in [0.5, 0.6) is 0 Å². The summed E-state index contributed by atoms with van der Waals surface area (Å²) in [5.74, 6) is 0. The lowest BCUT2D eigenvalue weighted by Crippen LogP contribution is -2.51. The molecule has 2 heterocycles. The van der Waals surface area contributed by atoms with Crippen molar-refractivity contribution in [1.82, 2.24) is 14.5 Å². The minimum atomic E-state index is -3.34. The van der Waals surface area contributed by atoms with E-state index in [1.54, 1.807) is 10.4 Å². The molecule has 1 fully saturated rings. The van der Waals surface area contributed by atoms with Gasteiger partial charge < -0.3 is 10.2 Å². The molecule has 1 aromatic rings. The van der Waals surface area contributed by atoms with Crippen molar-refractivity contribution in [3.05, 3.63) is 16.5 Å². The van der Waals surface area contributed by atoms with Gasteiger partial charge in [0.25, 0.3) is 10.0 Å². The Bertz CT molecular complexity index is 568. The topological polar surface area (TPSA) is 52.7 Å². The average molecular weight is 317 g/mol. The van der Waals surface area contributed by atoms with Crippen LogP contribution in [0.2, 0.25) is 0 Å². The lowest BCUT2D eigenvalue weighted by atomic mass is 10.2. The van der Waals surface area contributed by atoms with Gasteiger partial charge in [-0.25, -0.2) is 8.42 Å². The van der Waals surface area contributed by atoms with Crippen LogP contribution in [0.1, 0.15) is 17.4 Å². The van der Waals surface area contributed by atoms with Gasteiger partial charge in [-0.05, 0) is 39.6 Å². The second kappa shape index (κ2) is 6.11. The van der Waals surface area contributed by atoms with E-state index in [0.29, 0.717) is 23.8 Å². The number of sulfonamides is 1. The van der Waals surface area contributed by atoms with E-state index in [4.69, 9.17) is 0 Å². The Morgan fingerprint density at radius 1 is 1.45 bits per heavy atom. The number of nitrogens with one attached hydrogen (secondary N) is 1. The van der Waals surface area contributed by atoms with E-state index in [-0.39, 0.29) is 6.04 Å².